The standard InChI is InChI=1S/C12H11F4N3O/c1-11(20,8-2-4-17-5-3-8)10-9(13)6-19(18-10)7-12(14,15)16/h2-6,20H,7H2,1H3/t11-/m1/s1. The molecule has 8 heteroatoms. The zero-order valence-corrected chi connectivity index (χ0v) is 10.4. The smallest absolute Gasteiger partial charge is 0.379 e. The van der Waals surface area contributed by atoms with Crippen LogP contribution in [0, 0.1) is 5.82 Å². The number of alkyl halides is 3. The fourth-order valence-corrected chi connectivity index (χ4v) is 1.80. The first-order chi connectivity index (χ1) is 9.20. The normalized spacial score (nSPS) is 15.1. The van der Waals surface area contributed by atoms with Crippen molar-refractivity contribution in [3.8, 4) is 0 Å². The summed E-state index contributed by atoms with van der Waals surface area (Å²) in [6.45, 7) is -0.165. The molecule has 0 amide bonds. The molecule has 0 fully saturated rings. The number of hydrogen-bond acceptors (Lipinski definition) is 3. The Balaban J connectivity index is 2.38. The topological polar surface area (TPSA) is 50.9 Å². The summed E-state index contributed by atoms with van der Waals surface area (Å²) in [5, 5.41) is 13.8. The molecule has 2 aromatic rings. The van der Waals surface area contributed by atoms with Gasteiger partial charge >= 0.3 is 6.18 Å². The lowest BCUT2D eigenvalue weighted by Gasteiger charge is -2.21. The quantitative estimate of drug-likeness (QED) is 0.882. The van der Waals surface area contributed by atoms with E-state index in [0.29, 0.717) is 10.9 Å². The third kappa shape index (κ3) is 2.96. The van der Waals surface area contributed by atoms with Gasteiger partial charge in [-0.25, -0.2) is 4.39 Å². The zero-order valence-electron chi connectivity index (χ0n) is 10.4. The van der Waals surface area contributed by atoms with E-state index in [4.69, 9.17) is 0 Å². The summed E-state index contributed by atoms with van der Waals surface area (Å²) in [5.74, 6) is -1.00. The highest BCUT2D eigenvalue weighted by molar-refractivity contribution is 5.29. The second-order valence-corrected chi connectivity index (χ2v) is 4.45. The first kappa shape index (κ1) is 14.4. The van der Waals surface area contributed by atoms with E-state index >= 15 is 0 Å². The Morgan fingerprint density at radius 3 is 2.40 bits per heavy atom. The molecule has 0 saturated carbocycles. The maximum Gasteiger partial charge on any atom is 0.408 e. The Morgan fingerprint density at radius 2 is 1.85 bits per heavy atom. The van der Waals surface area contributed by atoms with Gasteiger partial charge in [0.1, 0.15) is 17.8 Å². The van der Waals surface area contributed by atoms with E-state index in [0.717, 1.165) is 0 Å². The zero-order chi connectivity index (χ0) is 15.0. The van der Waals surface area contributed by atoms with Crippen LogP contribution in [0.4, 0.5) is 17.6 Å². The van der Waals surface area contributed by atoms with E-state index < -0.39 is 29.8 Å². The summed E-state index contributed by atoms with van der Waals surface area (Å²) in [5.41, 5.74) is -2.03. The van der Waals surface area contributed by atoms with Gasteiger partial charge in [0.15, 0.2) is 5.82 Å². The molecule has 2 aromatic heterocycles. The van der Waals surface area contributed by atoms with Crippen molar-refractivity contribution in [2.45, 2.75) is 25.2 Å². The molecule has 0 bridgehead atoms. The van der Waals surface area contributed by atoms with Crippen LogP contribution in [0.25, 0.3) is 0 Å². The van der Waals surface area contributed by atoms with Crippen molar-refractivity contribution in [1.29, 1.82) is 0 Å². The highest BCUT2D eigenvalue weighted by Gasteiger charge is 2.34. The van der Waals surface area contributed by atoms with Crippen LogP contribution in [0.1, 0.15) is 18.2 Å². The van der Waals surface area contributed by atoms with Crippen LogP contribution in [0.5, 0.6) is 0 Å². The molecule has 0 aliphatic heterocycles. The average molecular weight is 289 g/mol. The van der Waals surface area contributed by atoms with Gasteiger partial charge in [0.05, 0.1) is 6.20 Å². The van der Waals surface area contributed by atoms with Gasteiger partial charge in [-0.2, -0.15) is 18.3 Å². The van der Waals surface area contributed by atoms with Gasteiger partial charge in [0.2, 0.25) is 0 Å². The molecule has 0 radical (unpaired) electrons. The number of aliphatic hydroxyl groups is 1. The van der Waals surface area contributed by atoms with Crippen LogP contribution in [-0.2, 0) is 12.1 Å². The van der Waals surface area contributed by atoms with Crippen molar-refractivity contribution < 1.29 is 22.7 Å². The van der Waals surface area contributed by atoms with E-state index in [1.807, 2.05) is 0 Å². The predicted molar refractivity (Wildman–Crippen MR) is 61.1 cm³/mol. The predicted octanol–water partition coefficient (Wildman–Crippen LogP) is 2.24. The lowest BCUT2D eigenvalue weighted by atomic mass is 9.93. The molecule has 2 rings (SSSR count). The van der Waals surface area contributed by atoms with E-state index in [9.17, 15) is 22.7 Å². The highest BCUT2D eigenvalue weighted by Crippen LogP contribution is 2.29. The fraction of sp³-hybridized carbons (Fsp3) is 0.333. The van der Waals surface area contributed by atoms with Crippen LogP contribution in [0.15, 0.2) is 30.7 Å². The summed E-state index contributed by atoms with van der Waals surface area (Å²) < 4.78 is 50.9. The molecule has 4 nitrogen and oxygen atoms in total. The first-order valence-corrected chi connectivity index (χ1v) is 5.63. The number of halogens is 4. The van der Waals surface area contributed by atoms with Crippen LogP contribution in [-0.4, -0.2) is 26.0 Å². The first-order valence-electron chi connectivity index (χ1n) is 5.63. The number of nitrogens with zero attached hydrogens (tertiary/aromatic N) is 3. The third-order valence-electron chi connectivity index (χ3n) is 2.76. The summed E-state index contributed by atoms with van der Waals surface area (Å²) >= 11 is 0. The van der Waals surface area contributed by atoms with Gasteiger partial charge in [-0.1, -0.05) is 0 Å². The molecule has 0 saturated heterocycles. The molecule has 0 spiro atoms. The molecule has 0 aromatic carbocycles. The Bertz CT molecular complexity index is 592. The molecule has 1 atom stereocenters. The molecule has 0 unspecified atom stereocenters. The van der Waals surface area contributed by atoms with Crippen molar-refractivity contribution in [3.63, 3.8) is 0 Å². The molecule has 108 valence electrons. The molecular formula is C12H11F4N3O. The van der Waals surface area contributed by atoms with Crippen molar-refractivity contribution in [3.05, 3.63) is 47.8 Å². The van der Waals surface area contributed by atoms with E-state index in [2.05, 4.69) is 10.1 Å². The molecule has 2 heterocycles. The fourth-order valence-electron chi connectivity index (χ4n) is 1.80. The SMILES string of the molecule is C[C@@](O)(c1ccncc1)c1nn(CC(F)(F)F)cc1F. The Labute approximate surface area is 111 Å². The minimum absolute atomic E-state index is 0.281. The second kappa shape index (κ2) is 4.86. The summed E-state index contributed by atoms with van der Waals surface area (Å²) in [6, 6.07) is 2.87. The molecule has 20 heavy (non-hydrogen) atoms. The van der Waals surface area contributed by atoms with Crippen molar-refractivity contribution in [1.82, 2.24) is 14.8 Å². The maximum absolute atomic E-state index is 13.7. The number of pyridine rings is 1. The Hall–Kier alpha value is -1.96. The van der Waals surface area contributed by atoms with Crippen LogP contribution >= 0.6 is 0 Å². The lowest BCUT2D eigenvalue weighted by Crippen LogP contribution is -2.25. The largest absolute Gasteiger partial charge is 0.408 e. The Morgan fingerprint density at radius 1 is 1.25 bits per heavy atom. The van der Waals surface area contributed by atoms with Crippen molar-refractivity contribution in [2.24, 2.45) is 0 Å². The van der Waals surface area contributed by atoms with E-state index in [-0.39, 0.29) is 5.56 Å². The van der Waals surface area contributed by atoms with E-state index in [1.165, 1.54) is 31.5 Å². The minimum atomic E-state index is -4.52. The molecular weight excluding hydrogens is 278 g/mol. The molecule has 0 aliphatic carbocycles. The minimum Gasteiger partial charge on any atom is -0.379 e. The maximum atomic E-state index is 13.7. The van der Waals surface area contributed by atoms with Crippen molar-refractivity contribution >= 4 is 0 Å². The summed E-state index contributed by atoms with van der Waals surface area (Å²) in [7, 11) is 0. The number of hydrogen-bond donors (Lipinski definition) is 1. The van der Waals surface area contributed by atoms with Gasteiger partial charge in [-0.3, -0.25) is 9.67 Å². The van der Waals surface area contributed by atoms with Crippen LogP contribution in [0.3, 0.4) is 0 Å². The van der Waals surface area contributed by atoms with E-state index in [1.54, 1.807) is 0 Å². The van der Waals surface area contributed by atoms with Gasteiger partial charge in [0, 0.05) is 12.4 Å². The van der Waals surface area contributed by atoms with Gasteiger partial charge < -0.3 is 5.11 Å². The van der Waals surface area contributed by atoms with Gasteiger partial charge in [-0.15, -0.1) is 0 Å². The Kier molecular flexibility index (Phi) is 3.51. The summed E-state index contributed by atoms with van der Waals surface area (Å²) in [6.07, 6.45) is -1.14. The van der Waals surface area contributed by atoms with Crippen molar-refractivity contribution in [2.75, 3.05) is 0 Å². The van der Waals surface area contributed by atoms with Crippen LogP contribution < -0.4 is 0 Å². The number of aromatic nitrogens is 3. The molecule has 0 aliphatic rings. The number of rotatable bonds is 3. The van der Waals surface area contributed by atoms with Gasteiger partial charge in [-0.05, 0) is 24.6 Å². The van der Waals surface area contributed by atoms with Gasteiger partial charge in [0.25, 0.3) is 0 Å². The lowest BCUT2D eigenvalue weighted by molar-refractivity contribution is -0.142. The monoisotopic (exact) mass is 289 g/mol. The average Bonchev–Trinajstić information content (AvgIpc) is 2.69. The molecule has 1 N–H and O–H groups in total. The second-order valence-electron chi connectivity index (χ2n) is 4.45. The summed E-state index contributed by atoms with van der Waals surface area (Å²) in [4.78, 5) is 3.75. The third-order valence-corrected chi connectivity index (χ3v) is 2.76. The highest BCUT2D eigenvalue weighted by atomic mass is 19.4. The van der Waals surface area contributed by atoms with Crippen LogP contribution in [0.2, 0.25) is 0 Å².